The molecule has 0 spiro atoms. The number of allylic oxidation sites excluding steroid dienone is 1. The van der Waals surface area contributed by atoms with Crippen molar-refractivity contribution in [3.05, 3.63) is 47.9 Å². The van der Waals surface area contributed by atoms with Gasteiger partial charge in [0, 0.05) is 18.8 Å². The molecule has 2 bridgehead atoms. The summed E-state index contributed by atoms with van der Waals surface area (Å²) in [6.45, 7) is 5.74. The van der Waals surface area contributed by atoms with Crippen LogP contribution in [0.2, 0.25) is 0 Å². The number of benzene rings is 1. The Morgan fingerprint density at radius 1 is 1.30 bits per heavy atom. The predicted octanol–water partition coefficient (Wildman–Crippen LogP) is 3.03. The highest BCUT2D eigenvalue weighted by Gasteiger charge is 2.43. The molecule has 1 aromatic rings. The number of ether oxygens (including phenoxy) is 1. The van der Waals surface area contributed by atoms with E-state index in [1.807, 2.05) is 32.0 Å². The molecule has 0 aromatic heterocycles. The summed E-state index contributed by atoms with van der Waals surface area (Å²) in [5.41, 5.74) is 0.0327. The molecule has 1 atom stereocenters. The minimum absolute atomic E-state index is 0.279. The monoisotopic (exact) mass is 315 g/mol. The van der Waals surface area contributed by atoms with Gasteiger partial charge in [-0.1, -0.05) is 44.2 Å². The van der Waals surface area contributed by atoms with E-state index in [1.54, 1.807) is 18.4 Å². The molecular formula is C19H25NO3. The molecule has 1 aromatic carbocycles. The molecule has 4 rings (SSSR count). The van der Waals surface area contributed by atoms with Crippen LogP contribution in [0, 0.1) is 11.8 Å². The van der Waals surface area contributed by atoms with Gasteiger partial charge in [0.2, 0.25) is 0 Å². The van der Waals surface area contributed by atoms with Gasteiger partial charge in [0.25, 0.3) is 0 Å². The van der Waals surface area contributed by atoms with Gasteiger partial charge in [-0.2, -0.15) is 0 Å². The molecule has 3 fully saturated rings. The molecule has 3 saturated heterocycles. The Balaban J connectivity index is 1.77. The van der Waals surface area contributed by atoms with Crippen LogP contribution in [0.4, 0.5) is 0 Å². The minimum Gasteiger partial charge on any atom is -0.430 e. The summed E-state index contributed by atoms with van der Waals surface area (Å²) in [5, 5.41) is 11.0. The Bertz CT molecular complexity index is 588. The van der Waals surface area contributed by atoms with Crippen LogP contribution in [0.1, 0.15) is 38.7 Å². The number of hydrogen-bond acceptors (Lipinski definition) is 4. The Kier molecular flexibility index (Phi) is 4.44. The molecule has 0 unspecified atom stereocenters. The summed E-state index contributed by atoms with van der Waals surface area (Å²) in [7, 11) is 0. The van der Waals surface area contributed by atoms with E-state index in [9.17, 15) is 9.90 Å². The Morgan fingerprint density at radius 3 is 2.48 bits per heavy atom. The number of aliphatic hydroxyl groups is 1. The van der Waals surface area contributed by atoms with Gasteiger partial charge in [0.1, 0.15) is 6.26 Å². The van der Waals surface area contributed by atoms with Crippen LogP contribution >= 0.6 is 0 Å². The minimum atomic E-state index is -1.62. The summed E-state index contributed by atoms with van der Waals surface area (Å²) in [4.78, 5) is 14.9. The highest BCUT2D eigenvalue weighted by atomic mass is 16.5. The first kappa shape index (κ1) is 16.1. The number of fused-ring (bicyclic) bond motifs is 3. The van der Waals surface area contributed by atoms with Crippen molar-refractivity contribution in [2.24, 2.45) is 11.8 Å². The zero-order valence-corrected chi connectivity index (χ0v) is 13.9. The third-order valence-electron chi connectivity index (χ3n) is 5.18. The van der Waals surface area contributed by atoms with E-state index in [1.165, 1.54) is 12.8 Å². The third-order valence-corrected chi connectivity index (χ3v) is 5.18. The van der Waals surface area contributed by atoms with Crippen molar-refractivity contribution in [2.45, 2.75) is 38.7 Å². The van der Waals surface area contributed by atoms with E-state index in [0.29, 0.717) is 11.5 Å². The van der Waals surface area contributed by atoms with E-state index >= 15 is 0 Å². The fourth-order valence-electron chi connectivity index (χ4n) is 3.56. The second kappa shape index (κ2) is 6.36. The van der Waals surface area contributed by atoms with Crippen molar-refractivity contribution < 1.29 is 14.6 Å². The standard InChI is InChI=1S/C19H25NO3/c1-14(2)19(22,16-6-4-3-5-7-16)18(21)23-13-17-12-15-8-10-20(17)11-9-15/h3-7,13-15,22H,8-12H2,1-2H3/b17-13+/t19-/m0/s1. The largest absolute Gasteiger partial charge is 0.430 e. The first-order valence-electron chi connectivity index (χ1n) is 8.44. The normalized spacial score (nSPS) is 22.4. The van der Waals surface area contributed by atoms with Crippen molar-refractivity contribution >= 4 is 5.97 Å². The van der Waals surface area contributed by atoms with E-state index in [2.05, 4.69) is 4.90 Å². The average molecular weight is 315 g/mol. The molecule has 3 aliphatic rings. The lowest BCUT2D eigenvalue weighted by Gasteiger charge is -2.42. The second-order valence-electron chi connectivity index (χ2n) is 6.94. The maximum atomic E-state index is 12.6. The number of carbonyl (C=O) groups excluding carboxylic acids is 1. The molecule has 4 nitrogen and oxygen atoms in total. The van der Waals surface area contributed by atoms with Gasteiger partial charge in [-0.25, -0.2) is 4.79 Å². The lowest BCUT2D eigenvalue weighted by Crippen LogP contribution is -2.42. The van der Waals surface area contributed by atoms with Crippen molar-refractivity contribution in [1.82, 2.24) is 4.90 Å². The highest BCUT2D eigenvalue weighted by Crippen LogP contribution is 2.35. The Hall–Kier alpha value is -1.81. The third kappa shape index (κ3) is 3.00. The molecular weight excluding hydrogens is 290 g/mol. The number of nitrogens with zero attached hydrogens (tertiary/aromatic N) is 1. The molecule has 0 radical (unpaired) electrons. The predicted molar refractivity (Wildman–Crippen MR) is 88.3 cm³/mol. The number of rotatable bonds is 4. The lowest BCUT2D eigenvalue weighted by molar-refractivity contribution is -0.166. The first-order chi connectivity index (χ1) is 11.0. The summed E-state index contributed by atoms with van der Waals surface area (Å²) in [6, 6.07) is 9.03. The van der Waals surface area contributed by atoms with Gasteiger partial charge >= 0.3 is 5.97 Å². The van der Waals surface area contributed by atoms with Gasteiger partial charge in [-0.3, -0.25) is 0 Å². The fourth-order valence-corrected chi connectivity index (χ4v) is 3.56. The molecule has 1 N–H and O–H groups in total. The van der Waals surface area contributed by atoms with E-state index in [4.69, 9.17) is 4.74 Å². The van der Waals surface area contributed by atoms with Gasteiger partial charge in [0.05, 0.1) is 0 Å². The van der Waals surface area contributed by atoms with E-state index in [0.717, 1.165) is 25.2 Å². The van der Waals surface area contributed by atoms with Crippen LogP contribution in [0.25, 0.3) is 0 Å². The van der Waals surface area contributed by atoms with Crippen molar-refractivity contribution in [3.63, 3.8) is 0 Å². The maximum Gasteiger partial charge on any atom is 0.347 e. The highest BCUT2D eigenvalue weighted by molar-refractivity contribution is 5.82. The van der Waals surface area contributed by atoms with Crippen LogP contribution in [0.3, 0.4) is 0 Å². The zero-order chi connectivity index (χ0) is 16.4. The first-order valence-corrected chi connectivity index (χ1v) is 8.44. The van der Waals surface area contributed by atoms with Gasteiger partial charge < -0.3 is 14.7 Å². The average Bonchev–Trinajstić information content (AvgIpc) is 2.60. The second-order valence-corrected chi connectivity index (χ2v) is 6.94. The number of hydrogen-bond donors (Lipinski definition) is 1. The van der Waals surface area contributed by atoms with Crippen LogP contribution in [-0.2, 0) is 15.1 Å². The molecule has 124 valence electrons. The molecule has 0 amide bonds. The Labute approximate surface area is 137 Å². The van der Waals surface area contributed by atoms with Crippen LogP contribution in [0.5, 0.6) is 0 Å². The molecule has 0 saturated carbocycles. The molecule has 3 heterocycles. The summed E-state index contributed by atoms with van der Waals surface area (Å²) in [5.74, 6) is -0.171. The van der Waals surface area contributed by atoms with Gasteiger partial charge in [-0.15, -0.1) is 0 Å². The smallest absolute Gasteiger partial charge is 0.347 e. The van der Waals surface area contributed by atoms with Crippen LogP contribution < -0.4 is 0 Å². The van der Waals surface area contributed by atoms with Crippen molar-refractivity contribution in [2.75, 3.05) is 13.1 Å². The van der Waals surface area contributed by atoms with E-state index in [-0.39, 0.29) is 5.92 Å². The SMILES string of the molecule is CC(C)[C@@](O)(C(=O)O/C=C1\CC2CCN1CC2)c1ccccc1. The summed E-state index contributed by atoms with van der Waals surface area (Å²) >= 11 is 0. The topological polar surface area (TPSA) is 49.8 Å². The zero-order valence-electron chi connectivity index (χ0n) is 13.9. The van der Waals surface area contributed by atoms with Crippen molar-refractivity contribution in [3.8, 4) is 0 Å². The van der Waals surface area contributed by atoms with E-state index < -0.39 is 11.6 Å². The molecule has 0 aliphatic carbocycles. The molecule has 4 heteroatoms. The van der Waals surface area contributed by atoms with Crippen LogP contribution in [-0.4, -0.2) is 29.1 Å². The molecule has 3 aliphatic heterocycles. The lowest BCUT2D eigenvalue weighted by atomic mass is 9.83. The summed E-state index contributed by atoms with van der Waals surface area (Å²) in [6.07, 6.45) is 4.99. The van der Waals surface area contributed by atoms with Crippen molar-refractivity contribution in [1.29, 1.82) is 0 Å². The fraction of sp³-hybridized carbons (Fsp3) is 0.526. The quantitative estimate of drug-likeness (QED) is 0.685. The number of carbonyl (C=O) groups is 1. The maximum absolute atomic E-state index is 12.6. The number of piperidine rings is 3. The summed E-state index contributed by atoms with van der Waals surface area (Å²) < 4.78 is 5.42. The number of esters is 1. The van der Waals surface area contributed by atoms with Gasteiger partial charge in [0.15, 0.2) is 5.60 Å². The Morgan fingerprint density at radius 2 is 1.96 bits per heavy atom. The molecule has 23 heavy (non-hydrogen) atoms. The van der Waals surface area contributed by atoms with Gasteiger partial charge in [-0.05, 0) is 36.7 Å². The van der Waals surface area contributed by atoms with Crippen LogP contribution in [0.15, 0.2) is 42.3 Å².